The molecule has 2 nitrogen and oxygen atoms in total. The quantitative estimate of drug-likeness (QED) is 0.616. The monoisotopic (exact) mass is 181 g/mol. The van der Waals surface area contributed by atoms with Gasteiger partial charge in [-0.15, -0.1) is 0 Å². The Bertz CT molecular complexity index is 274. The minimum absolute atomic E-state index is 0.115. The lowest BCUT2D eigenvalue weighted by Gasteiger charge is -2.32. The van der Waals surface area contributed by atoms with Gasteiger partial charge in [0.25, 0.3) is 0 Å². The van der Waals surface area contributed by atoms with Crippen molar-refractivity contribution in [2.75, 3.05) is 14.1 Å². The number of ether oxygens (including phenoxy) is 1. The summed E-state index contributed by atoms with van der Waals surface area (Å²) in [6.45, 7) is 8.44. The fourth-order valence-corrected chi connectivity index (χ4v) is 1.58. The standard InChI is InChI=1S/C11H19NO/c1-7-8(2)10(4)13-11(9(7)3)12(5)6/h11H,1-6H3. The summed E-state index contributed by atoms with van der Waals surface area (Å²) >= 11 is 0. The summed E-state index contributed by atoms with van der Waals surface area (Å²) in [6.07, 6.45) is 0.115. The van der Waals surface area contributed by atoms with Crippen LogP contribution >= 0.6 is 0 Å². The highest BCUT2D eigenvalue weighted by molar-refractivity contribution is 5.37. The summed E-state index contributed by atoms with van der Waals surface area (Å²) in [7, 11) is 4.07. The van der Waals surface area contributed by atoms with Crippen LogP contribution in [0.3, 0.4) is 0 Å². The van der Waals surface area contributed by atoms with E-state index in [0.29, 0.717) is 0 Å². The van der Waals surface area contributed by atoms with Gasteiger partial charge in [-0.2, -0.15) is 0 Å². The minimum Gasteiger partial charge on any atom is -0.476 e. The van der Waals surface area contributed by atoms with Gasteiger partial charge in [0.1, 0.15) is 0 Å². The summed E-state index contributed by atoms with van der Waals surface area (Å²) < 4.78 is 5.79. The number of hydrogen-bond donors (Lipinski definition) is 0. The van der Waals surface area contributed by atoms with Crippen molar-refractivity contribution in [1.82, 2.24) is 4.90 Å². The van der Waals surface area contributed by atoms with Crippen LogP contribution < -0.4 is 0 Å². The van der Waals surface area contributed by atoms with Gasteiger partial charge in [0.15, 0.2) is 6.23 Å². The molecule has 0 fully saturated rings. The van der Waals surface area contributed by atoms with E-state index in [0.717, 1.165) is 5.76 Å². The molecule has 0 saturated heterocycles. The van der Waals surface area contributed by atoms with E-state index >= 15 is 0 Å². The lowest BCUT2D eigenvalue weighted by molar-refractivity contribution is 0.0301. The molecule has 13 heavy (non-hydrogen) atoms. The van der Waals surface area contributed by atoms with E-state index < -0.39 is 0 Å². The Kier molecular flexibility index (Phi) is 2.81. The molecule has 0 N–H and O–H groups in total. The van der Waals surface area contributed by atoms with Gasteiger partial charge >= 0.3 is 0 Å². The molecule has 1 heterocycles. The molecule has 1 aliphatic heterocycles. The molecule has 1 atom stereocenters. The largest absolute Gasteiger partial charge is 0.476 e. The third kappa shape index (κ3) is 1.78. The molecule has 74 valence electrons. The molecule has 0 saturated carbocycles. The van der Waals surface area contributed by atoms with Gasteiger partial charge < -0.3 is 4.74 Å². The average Bonchev–Trinajstić information content (AvgIpc) is 2.07. The Morgan fingerprint density at radius 3 is 2.00 bits per heavy atom. The number of nitrogens with zero attached hydrogens (tertiary/aromatic N) is 1. The normalized spacial score (nSPS) is 24.1. The van der Waals surface area contributed by atoms with Crippen LogP contribution in [0.5, 0.6) is 0 Å². The molecular weight excluding hydrogens is 162 g/mol. The van der Waals surface area contributed by atoms with Crippen molar-refractivity contribution in [2.45, 2.75) is 33.9 Å². The first kappa shape index (κ1) is 10.3. The summed E-state index contributed by atoms with van der Waals surface area (Å²) in [4.78, 5) is 2.09. The van der Waals surface area contributed by atoms with Gasteiger partial charge in [-0.05, 0) is 58.5 Å². The Balaban J connectivity index is 3.04. The highest BCUT2D eigenvalue weighted by Gasteiger charge is 2.23. The second kappa shape index (κ2) is 3.54. The van der Waals surface area contributed by atoms with Gasteiger partial charge in [0.05, 0.1) is 5.76 Å². The predicted molar refractivity (Wildman–Crippen MR) is 55.3 cm³/mol. The SMILES string of the molecule is CC1=C(C)C(C)=C(C)C(N(C)C)O1. The molecule has 2 heteroatoms. The molecule has 1 unspecified atom stereocenters. The topological polar surface area (TPSA) is 12.5 Å². The molecule has 1 rings (SSSR count). The Morgan fingerprint density at radius 1 is 1.00 bits per heavy atom. The number of likely N-dealkylation sites (N-methyl/N-ethyl adjacent to an activating group) is 1. The number of rotatable bonds is 1. The first-order valence-corrected chi connectivity index (χ1v) is 4.63. The zero-order chi connectivity index (χ0) is 10.2. The zero-order valence-electron chi connectivity index (χ0n) is 9.43. The van der Waals surface area contributed by atoms with Crippen molar-refractivity contribution in [1.29, 1.82) is 0 Å². The van der Waals surface area contributed by atoms with Crippen LogP contribution in [0.25, 0.3) is 0 Å². The fraction of sp³-hybridized carbons (Fsp3) is 0.636. The zero-order valence-corrected chi connectivity index (χ0v) is 9.43. The molecule has 0 amide bonds. The average molecular weight is 181 g/mol. The van der Waals surface area contributed by atoms with E-state index in [1.165, 1.54) is 16.7 Å². The van der Waals surface area contributed by atoms with Crippen molar-refractivity contribution < 1.29 is 4.74 Å². The van der Waals surface area contributed by atoms with E-state index in [2.05, 4.69) is 25.7 Å². The van der Waals surface area contributed by atoms with Gasteiger partial charge in [0.2, 0.25) is 0 Å². The first-order valence-electron chi connectivity index (χ1n) is 4.63. The van der Waals surface area contributed by atoms with E-state index in [9.17, 15) is 0 Å². The maximum atomic E-state index is 5.79. The molecule has 0 aromatic heterocycles. The highest BCUT2D eigenvalue weighted by Crippen LogP contribution is 2.29. The molecule has 0 aliphatic carbocycles. The van der Waals surface area contributed by atoms with Gasteiger partial charge in [-0.3, -0.25) is 4.90 Å². The number of hydrogen-bond acceptors (Lipinski definition) is 2. The van der Waals surface area contributed by atoms with Crippen LogP contribution in [0.2, 0.25) is 0 Å². The maximum absolute atomic E-state index is 5.79. The molecule has 0 bridgehead atoms. The van der Waals surface area contributed by atoms with Gasteiger partial charge in [0, 0.05) is 0 Å². The molecule has 0 aromatic rings. The summed E-state index contributed by atoms with van der Waals surface area (Å²) in [5, 5.41) is 0. The highest BCUT2D eigenvalue weighted by atomic mass is 16.5. The van der Waals surface area contributed by atoms with Crippen LogP contribution in [-0.4, -0.2) is 25.2 Å². The van der Waals surface area contributed by atoms with Gasteiger partial charge in [-0.1, -0.05) is 0 Å². The molecular formula is C11H19NO. The van der Waals surface area contributed by atoms with Crippen molar-refractivity contribution in [2.24, 2.45) is 0 Å². The van der Waals surface area contributed by atoms with E-state index in [1.54, 1.807) is 0 Å². The number of allylic oxidation sites excluding steroid dienone is 3. The van der Waals surface area contributed by atoms with Crippen molar-refractivity contribution in [3.05, 3.63) is 22.5 Å². The van der Waals surface area contributed by atoms with E-state index in [4.69, 9.17) is 4.74 Å². The van der Waals surface area contributed by atoms with Crippen LogP contribution in [0.4, 0.5) is 0 Å². The lowest BCUT2D eigenvalue weighted by atomic mass is 9.99. The van der Waals surface area contributed by atoms with Crippen molar-refractivity contribution >= 4 is 0 Å². The van der Waals surface area contributed by atoms with Gasteiger partial charge in [-0.25, -0.2) is 0 Å². The second-order valence-corrected chi connectivity index (χ2v) is 3.92. The lowest BCUT2D eigenvalue weighted by Crippen LogP contribution is -2.34. The third-order valence-corrected chi connectivity index (χ3v) is 2.81. The van der Waals surface area contributed by atoms with Crippen LogP contribution in [-0.2, 0) is 4.74 Å². The van der Waals surface area contributed by atoms with Crippen LogP contribution in [0.1, 0.15) is 27.7 Å². The second-order valence-electron chi connectivity index (χ2n) is 3.92. The Hall–Kier alpha value is -0.760. The minimum atomic E-state index is 0.115. The Morgan fingerprint density at radius 2 is 1.54 bits per heavy atom. The smallest absolute Gasteiger partial charge is 0.174 e. The summed E-state index contributed by atoms with van der Waals surface area (Å²) in [6, 6.07) is 0. The molecule has 0 aromatic carbocycles. The van der Waals surface area contributed by atoms with Crippen molar-refractivity contribution in [3.63, 3.8) is 0 Å². The van der Waals surface area contributed by atoms with Crippen LogP contribution in [0.15, 0.2) is 22.5 Å². The molecule has 1 aliphatic rings. The van der Waals surface area contributed by atoms with E-state index in [1.807, 2.05) is 21.0 Å². The van der Waals surface area contributed by atoms with Crippen LogP contribution in [0, 0.1) is 0 Å². The first-order chi connectivity index (χ1) is 5.95. The third-order valence-electron chi connectivity index (χ3n) is 2.81. The molecule has 0 spiro atoms. The fourth-order valence-electron chi connectivity index (χ4n) is 1.58. The summed E-state index contributed by atoms with van der Waals surface area (Å²) in [5.41, 5.74) is 3.95. The predicted octanol–water partition coefficient (Wildman–Crippen LogP) is 2.53. The Labute approximate surface area is 80.9 Å². The summed E-state index contributed by atoms with van der Waals surface area (Å²) in [5.74, 6) is 1.04. The maximum Gasteiger partial charge on any atom is 0.174 e. The molecule has 0 radical (unpaired) electrons. The van der Waals surface area contributed by atoms with E-state index in [-0.39, 0.29) is 6.23 Å². The van der Waals surface area contributed by atoms with Crippen molar-refractivity contribution in [3.8, 4) is 0 Å².